The molecule has 2 heterocycles. The number of likely N-dealkylation sites (tertiary alicyclic amines) is 1. The Kier molecular flexibility index (Phi) is 11.2. The number of hydrogen-bond acceptors (Lipinski definition) is 8. The van der Waals surface area contributed by atoms with Gasteiger partial charge in [-0.05, 0) is 64.5 Å². The molecule has 1 aromatic carbocycles. The number of esters is 2. The topological polar surface area (TPSA) is 112 Å². The highest BCUT2D eigenvalue weighted by Crippen LogP contribution is 2.57. The molecule has 2 aliphatic heterocycles. The van der Waals surface area contributed by atoms with Gasteiger partial charge >= 0.3 is 11.9 Å². The first-order chi connectivity index (χ1) is 21.8. The minimum absolute atomic E-state index is 0.0822. The Morgan fingerprint density at radius 2 is 1.93 bits per heavy atom. The molecule has 5 atom stereocenters. The fraction of sp³-hybridized carbons (Fsp3) is 0.583. The van der Waals surface area contributed by atoms with Gasteiger partial charge in [0.25, 0.3) is 0 Å². The van der Waals surface area contributed by atoms with Crippen LogP contribution in [-0.2, 0) is 33.5 Å². The molecule has 1 aromatic rings. The largest absolute Gasteiger partial charge is 0.469 e. The molecule has 3 aliphatic rings. The van der Waals surface area contributed by atoms with Crippen LogP contribution in [0, 0.1) is 17.3 Å². The molecular formula is C36H47ClN2O7. The van der Waals surface area contributed by atoms with Crippen LogP contribution in [0.1, 0.15) is 90.5 Å². The van der Waals surface area contributed by atoms with Crippen LogP contribution in [0.25, 0.3) is 0 Å². The number of unbranched alkanes of at least 4 members (excludes halogenated alkanes) is 3. The van der Waals surface area contributed by atoms with Crippen molar-refractivity contribution >= 4 is 40.9 Å². The molecule has 1 amide bonds. The first kappa shape index (κ1) is 35.4. The van der Waals surface area contributed by atoms with E-state index in [1.165, 1.54) is 7.11 Å². The number of oxime groups is 1. The van der Waals surface area contributed by atoms with E-state index in [0.717, 1.165) is 31.2 Å². The minimum Gasteiger partial charge on any atom is -0.469 e. The van der Waals surface area contributed by atoms with Crippen molar-refractivity contribution in [3.63, 3.8) is 0 Å². The molecule has 10 heteroatoms. The lowest BCUT2D eigenvalue weighted by Gasteiger charge is -2.29. The number of halogens is 1. The van der Waals surface area contributed by atoms with E-state index in [1.807, 2.05) is 18.2 Å². The highest BCUT2D eigenvalue weighted by Gasteiger charge is 2.62. The summed E-state index contributed by atoms with van der Waals surface area (Å²) in [5.74, 6) is -2.33. The van der Waals surface area contributed by atoms with Crippen molar-refractivity contribution in [3.8, 4) is 0 Å². The van der Waals surface area contributed by atoms with Gasteiger partial charge in [-0.3, -0.25) is 19.2 Å². The minimum atomic E-state index is -0.988. The first-order valence-corrected chi connectivity index (χ1v) is 16.5. The number of benzene rings is 1. The molecule has 2 fully saturated rings. The highest BCUT2D eigenvalue weighted by atomic mass is 35.5. The molecule has 1 aliphatic carbocycles. The number of ketones is 1. The van der Waals surface area contributed by atoms with Crippen LogP contribution in [-0.4, -0.2) is 65.1 Å². The molecule has 4 rings (SSSR count). The third-order valence-electron chi connectivity index (χ3n) is 9.19. The third kappa shape index (κ3) is 8.27. The molecule has 9 nitrogen and oxygen atoms in total. The molecule has 1 saturated heterocycles. The van der Waals surface area contributed by atoms with E-state index in [4.69, 9.17) is 25.9 Å². The van der Waals surface area contributed by atoms with Crippen molar-refractivity contribution in [1.29, 1.82) is 0 Å². The maximum Gasteiger partial charge on any atom is 0.312 e. The summed E-state index contributed by atoms with van der Waals surface area (Å²) in [5, 5.41) is 4.93. The van der Waals surface area contributed by atoms with Crippen molar-refractivity contribution < 1.29 is 33.5 Å². The van der Waals surface area contributed by atoms with Crippen LogP contribution < -0.4 is 0 Å². The number of amides is 1. The maximum atomic E-state index is 14.4. The predicted molar refractivity (Wildman–Crippen MR) is 176 cm³/mol. The number of ether oxygens (including phenoxy) is 2. The lowest BCUT2D eigenvalue weighted by molar-refractivity contribution is -0.159. The Balaban J connectivity index is 1.61. The Morgan fingerprint density at radius 3 is 2.57 bits per heavy atom. The maximum absolute atomic E-state index is 14.4. The second-order valence-corrected chi connectivity index (χ2v) is 14.4. The second-order valence-electron chi connectivity index (χ2n) is 13.9. The number of carbonyl (C=O) groups is 4. The fourth-order valence-electron chi connectivity index (χ4n) is 6.78. The fourth-order valence-corrected chi connectivity index (χ4v) is 6.97. The monoisotopic (exact) mass is 654 g/mol. The molecule has 1 spiro atoms. The summed E-state index contributed by atoms with van der Waals surface area (Å²) in [6, 6.07) is 6.43. The zero-order valence-corrected chi connectivity index (χ0v) is 28.3. The van der Waals surface area contributed by atoms with Gasteiger partial charge in [-0.1, -0.05) is 53.9 Å². The summed E-state index contributed by atoms with van der Waals surface area (Å²) < 4.78 is 10.7. The second kappa shape index (κ2) is 14.5. The molecule has 46 heavy (non-hydrogen) atoms. The highest BCUT2D eigenvalue weighted by molar-refractivity contribution is 6.31. The first-order valence-electron chi connectivity index (χ1n) is 16.1. The number of nitrogens with zero attached hydrogens (tertiary/aromatic N) is 2. The molecule has 0 unspecified atom stereocenters. The normalized spacial score (nSPS) is 25.8. The van der Waals surface area contributed by atoms with Crippen molar-refractivity contribution in [3.05, 3.63) is 60.2 Å². The summed E-state index contributed by atoms with van der Waals surface area (Å²) in [4.78, 5) is 62.1. The smallest absolute Gasteiger partial charge is 0.312 e. The number of carbonyl (C=O) groups excluding carboxylic acids is 4. The number of methoxy groups -OCH3 is 1. The summed E-state index contributed by atoms with van der Waals surface area (Å²) in [6.45, 7) is 13.1. The van der Waals surface area contributed by atoms with Gasteiger partial charge < -0.3 is 19.2 Å². The summed E-state index contributed by atoms with van der Waals surface area (Å²) in [5.41, 5.74) is -1.15. The molecule has 0 bridgehead atoms. The molecular weight excluding hydrogens is 608 g/mol. The van der Waals surface area contributed by atoms with Crippen LogP contribution >= 0.6 is 11.6 Å². The average molecular weight is 655 g/mol. The van der Waals surface area contributed by atoms with Gasteiger partial charge in [0, 0.05) is 35.8 Å². The standard InChI is InChI=1S/C36H47ClN2O7/c1-7-9-10-11-12-14-25(18-31(41)45-34(3,4)5)32(42)39-23-35(20-28(38-46-35)24-15-13-16-27(37)17-24)21-29(39)30(40)22-36(33(43)44-6)19-26(36)8-2/h7-8,13,15-17,25-26,29H,1-2,9-12,14,18-23H2,3-6H3/t25-,26-,29+,35-,36-/m1/s1. The van der Waals surface area contributed by atoms with Crippen molar-refractivity contribution in [2.24, 2.45) is 22.4 Å². The summed E-state index contributed by atoms with van der Waals surface area (Å²) >= 11 is 6.24. The van der Waals surface area contributed by atoms with Crippen molar-refractivity contribution in [1.82, 2.24) is 4.90 Å². The van der Waals surface area contributed by atoms with Crippen LogP contribution in [0.3, 0.4) is 0 Å². The van der Waals surface area contributed by atoms with Crippen LogP contribution in [0.4, 0.5) is 0 Å². The molecule has 0 radical (unpaired) electrons. The van der Waals surface area contributed by atoms with E-state index in [1.54, 1.807) is 43.9 Å². The van der Waals surface area contributed by atoms with Gasteiger partial charge in [0.15, 0.2) is 11.4 Å². The number of hydrogen-bond donors (Lipinski definition) is 0. The zero-order valence-electron chi connectivity index (χ0n) is 27.5. The zero-order chi connectivity index (χ0) is 33.7. The van der Waals surface area contributed by atoms with Gasteiger partial charge in [0.2, 0.25) is 5.91 Å². The van der Waals surface area contributed by atoms with Gasteiger partial charge in [-0.15, -0.1) is 13.2 Å². The molecule has 1 saturated carbocycles. The molecule has 0 N–H and O–H groups in total. The predicted octanol–water partition coefficient (Wildman–Crippen LogP) is 6.61. The van der Waals surface area contributed by atoms with Crippen molar-refractivity contribution in [2.75, 3.05) is 13.7 Å². The van der Waals surface area contributed by atoms with Gasteiger partial charge in [0.05, 0.1) is 37.2 Å². The van der Waals surface area contributed by atoms with Gasteiger partial charge in [-0.2, -0.15) is 0 Å². The Bertz CT molecular complexity index is 1380. The Hall–Kier alpha value is -3.46. The van der Waals surface area contributed by atoms with E-state index >= 15 is 0 Å². The molecule has 0 aromatic heterocycles. The van der Waals surface area contributed by atoms with E-state index < -0.39 is 40.5 Å². The Labute approximate surface area is 277 Å². The van der Waals surface area contributed by atoms with Crippen LogP contribution in [0.5, 0.6) is 0 Å². The van der Waals surface area contributed by atoms with Crippen LogP contribution in [0.15, 0.2) is 54.7 Å². The SMILES string of the molecule is C=CCCCCC[C@H](CC(=O)OC(C)(C)C)C(=O)N1C[C@@]2(CC(c3cccc(Cl)c3)=NO2)C[C@H]1C(=O)C[C@]1(C(=O)OC)C[C@H]1C=C. The number of rotatable bonds is 15. The number of Topliss-reactive ketones (excluding diaryl/α,β-unsaturated/α-hetero) is 1. The van der Waals surface area contributed by atoms with E-state index in [0.29, 0.717) is 30.0 Å². The Morgan fingerprint density at radius 1 is 1.17 bits per heavy atom. The van der Waals surface area contributed by atoms with Crippen molar-refractivity contribution in [2.45, 2.75) is 102 Å². The number of allylic oxidation sites excluding steroid dienone is 2. The third-order valence-corrected chi connectivity index (χ3v) is 9.43. The van der Waals surface area contributed by atoms with Gasteiger partial charge in [-0.25, -0.2) is 0 Å². The van der Waals surface area contributed by atoms with E-state index in [-0.39, 0.29) is 43.4 Å². The van der Waals surface area contributed by atoms with E-state index in [2.05, 4.69) is 18.3 Å². The van der Waals surface area contributed by atoms with Crippen LogP contribution in [0.2, 0.25) is 5.02 Å². The van der Waals surface area contributed by atoms with E-state index in [9.17, 15) is 19.2 Å². The molecule has 250 valence electrons. The average Bonchev–Trinajstić information content (AvgIpc) is 3.35. The van der Waals surface area contributed by atoms with Gasteiger partial charge in [0.1, 0.15) is 5.60 Å². The summed E-state index contributed by atoms with van der Waals surface area (Å²) in [6.07, 6.45) is 8.28. The lowest BCUT2D eigenvalue weighted by Crippen LogP contribution is -2.46. The quantitative estimate of drug-likeness (QED) is 0.119. The summed E-state index contributed by atoms with van der Waals surface area (Å²) in [7, 11) is 1.31. The lowest BCUT2D eigenvalue weighted by atomic mass is 9.87.